The van der Waals surface area contributed by atoms with Gasteiger partial charge in [0.2, 0.25) is 0 Å². The number of benzene rings is 1. The fraction of sp³-hybridized carbons (Fsp3) is 0.684. The minimum absolute atomic E-state index is 0.502. The minimum Gasteiger partial charge on any atom is -0.315 e. The molecule has 3 unspecified atom stereocenters. The molecule has 0 amide bonds. The lowest BCUT2D eigenvalue weighted by molar-refractivity contribution is 0.0668. The molecule has 21 heavy (non-hydrogen) atoms. The summed E-state index contributed by atoms with van der Waals surface area (Å²) in [5.41, 5.74) is 1.45. The van der Waals surface area contributed by atoms with Crippen molar-refractivity contribution in [3.63, 3.8) is 0 Å². The van der Waals surface area contributed by atoms with Crippen molar-refractivity contribution >= 4 is 0 Å². The van der Waals surface area contributed by atoms with Crippen molar-refractivity contribution < 1.29 is 0 Å². The second-order valence-electron chi connectivity index (χ2n) is 7.08. The van der Waals surface area contributed by atoms with Crippen LogP contribution in [0.1, 0.15) is 52.1 Å². The Bertz CT molecular complexity index is 401. The lowest BCUT2D eigenvalue weighted by Crippen LogP contribution is -2.47. The Kier molecular flexibility index (Phi) is 6.25. The molecule has 1 fully saturated rings. The summed E-state index contributed by atoms with van der Waals surface area (Å²) in [6.07, 6.45) is 2.71. The van der Waals surface area contributed by atoms with Crippen LogP contribution in [0.15, 0.2) is 30.3 Å². The fourth-order valence-corrected chi connectivity index (χ4v) is 3.42. The van der Waals surface area contributed by atoms with E-state index in [1.54, 1.807) is 0 Å². The van der Waals surface area contributed by atoms with Gasteiger partial charge in [0.25, 0.3) is 0 Å². The molecule has 0 aromatic heterocycles. The summed E-state index contributed by atoms with van der Waals surface area (Å²) in [5, 5.41) is 3.67. The van der Waals surface area contributed by atoms with Crippen molar-refractivity contribution in [2.24, 2.45) is 11.8 Å². The maximum Gasteiger partial charge on any atom is 0.0475 e. The normalized spacial score (nSPS) is 25.2. The Balaban J connectivity index is 2.11. The standard InChI is InChI=1S/C19H32N2/c1-15(2)13-20-14-19(18-10-6-5-7-11-18)21-12-8-9-16(3)17(21)4/h5-7,10-11,15-17,19-20H,8-9,12-14H2,1-4H3. The van der Waals surface area contributed by atoms with Gasteiger partial charge in [-0.05, 0) is 50.3 Å². The molecular weight excluding hydrogens is 256 g/mol. The zero-order valence-corrected chi connectivity index (χ0v) is 14.2. The Hall–Kier alpha value is -0.860. The molecule has 0 bridgehead atoms. The quantitative estimate of drug-likeness (QED) is 0.848. The van der Waals surface area contributed by atoms with Crippen LogP contribution in [0.5, 0.6) is 0 Å². The maximum atomic E-state index is 3.67. The molecule has 1 aromatic rings. The molecule has 1 aromatic carbocycles. The van der Waals surface area contributed by atoms with Crippen LogP contribution in [0.25, 0.3) is 0 Å². The first-order valence-corrected chi connectivity index (χ1v) is 8.61. The Morgan fingerprint density at radius 2 is 1.86 bits per heavy atom. The van der Waals surface area contributed by atoms with E-state index in [9.17, 15) is 0 Å². The maximum absolute atomic E-state index is 3.67. The lowest BCUT2D eigenvalue weighted by Gasteiger charge is -2.43. The first-order valence-electron chi connectivity index (χ1n) is 8.61. The van der Waals surface area contributed by atoms with Crippen molar-refractivity contribution in [2.45, 2.75) is 52.6 Å². The van der Waals surface area contributed by atoms with E-state index < -0.39 is 0 Å². The van der Waals surface area contributed by atoms with Crippen molar-refractivity contribution in [1.82, 2.24) is 10.2 Å². The van der Waals surface area contributed by atoms with Gasteiger partial charge >= 0.3 is 0 Å². The highest BCUT2D eigenvalue weighted by Gasteiger charge is 2.30. The molecule has 2 rings (SSSR count). The summed E-state index contributed by atoms with van der Waals surface area (Å²) in [5.74, 6) is 1.51. The predicted octanol–water partition coefficient (Wildman–Crippen LogP) is 4.09. The highest BCUT2D eigenvalue weighted by Crippen LogP contribution is 2.31. The Morgan fingerprint density at radius 1 is 1.14 bits per heavy atom. The molecule has 0 aliphatic carbocycles. The van der Waals surface area contributed by atoms with E-state index in [1.165, 1.54) is 24.9 Å². The van der Waals surface area contributed by atoms with E-state index in [0.29, 0.717) is 18.0 Å². The SMILES string of the molecule is CC(C)CNCC(c1ccccc1)N1CCCC(C)C1C. The van der Waals surface area contributed by atoms with Gasteiger partial charge in [0, 0.05) is 18.6 Å². The number of nitrogens with one attached hydrogen (secondary N) is 1. The number of nitrogens with zero attached hydrogens (tertiary/aromatic N) is 1. The molecule has 0 spiro atoms. The van der Waals surface area contributed by atoms with Gasteiger partial charge in [-0.2, -0.15) is 0 Å². The van der Waals surface area contributed by atoms with Crippen molar-refractivity contribution in [3.8, 4) is 0 Å². The summed E-state index contributed by atoms with van der Waals surface area (Å²) in [7, 11) is 0. The number of likely N-dealkylation sites (tertiary alicyclic amines) is 1. The van der Waals surface area contributed by atoms with Crippen molar-refractivity contribution in [3.05, 3.63) is 35.9 Å². The van der Waals surface area contributed by atoms with Gasteiger partial charge in [0.05, 0.1) is 0 Å². The van der Waals surface area contributed by atoms with Gasteiger partial charge in [-0.15, -0.1) is 0 Å². The zero-order chi connectivity index (χ0) is 15.2. The highest BCUT2D eigenvalue weighted by molar-refractivity contribution is 5.20. The lowest BCUT2D eigenvalue weighted by atomic mass is 9.89. The zero-order valence-electron chi connectivity index (χ0n) is 14.2. The minimum atomic E-state index is 0.502. The molecule has 3 atom stereocenters. The van der Waals surface area contributed by atoms with E-state index in [0.717, 1.165) is 19.0 Å². The van der Waals surface area contributed by atoms with Gasteiger partial charge in [0.15, 0.2) is 0 Å². The van der Waals surface area contributed by atoms with Gasteiger partial charge in [-0.3, -0.25) is 4.90 Å². The molecule has 1 aliphatic rings. The van der Waals surface area contributed by atoms with Gasteiger partial charge in [0.1, 0.15) is 0 Å². The van der Waals surface area contributed by atoms with E-state index in [1.807, 2.05) is 0 Å². The smallest absolute Gasteiger partial charge is 0.0475 e. The monoisotopic (exact) mass is 288 g/mol. The van der Waals surface area contributed by atoms with Gasteiger partial charge in [-0.1, -0.05) is 51.1 Å². The molecule has 0 radical (unpaired) electrons. The Labute approximate surface area is 130 Å². The molecule has 1 N–H and O–H groups in total. The summed E-state index contributed by atoms with van der Waals surface area (Å²) in [4.78, 5) is 2.72. The van der Waals surface area contributed by atoms with Crippen LogP contribution >= 0.6 is 0 Å². The molecule has 0 saturated carbocycles. The van der Waals surface area contributed by atoms with E-state index in [4.69, 9.17) is 0 Å². The number of hydrogen-bond donors (Lipinski definition) is 1. The summed E-state index contributed by atoms with van der Waals surface area (Å²) in [6.45, 7) is 12.7. The molecule has 1 saturated heterocycles. The van der Waals surface area contributed by atoms with Crippen LogP contribution in [-0.4, -0.2) is 30.6 Å². The van der Waals surface area contributed by atoms with E-state index in [-0.39, 0.29) is 0 Å². The summed E-state index contributed by atoms with van der Waals surface area (Å²) < 4.78 is 0. The van der Waals surface area contributed by atoms with Crippen LogP contribution in [0.3, 0.4) is 0 Å². The molecular formula is C19H32N2. The van der Waals surface area contributed by atoms with Crippen LogP contribution < -0.4 is 5.32 Å². The summed E-state index contributed by atoms with van der Waals surface area (Å²) in [6, 6.07) is 12.2. The molecule has 118 valence electrons. The second-order valence-corrected chi connectivity index (χ2v) is 7.08. The number of piperidine rings is 1. The first-order chi connectivity index (χ1) is 10.1. The van der Waals surface area contributed by atoms with Crippen molar-refractivity contribution in [2.75, 3.05) is 19.6 Å². The molecule has 1 heterocycles. The highest BCUT2D eigenvalue weighted by atomic mass is 15.2. The van der Waals surface area contributed by atoms with E-state index >= 15 is 0 Å². The van der Waals surface area contributed by atoms with Crippen molar-refractivity contribution in [1.29, 1.82) is 0 Å². The van der Waals surface area contributed by atoms with Crippen LogP contribution in [0.2, 0.25) is 0 Å². The van der Waals surface area contributed by atoms with Gasteiger partial charge in [-0.25, -0.2) is 0 Å². The number of rotatable bonds is 6. The third-order valence-electron chi connectivity index (χ3n) is 4.90. The second kappa shape index (κ2) is 7.95. The Morgan fingerprint density at radius 3 is 2.52 bits per heavy atom. The van der Waals surface area contributed by atoms with Crippen LogP contribution in [0.4, 0.5) is 0 Å². The fourth-order valence-electron chi connectivity index (χ4n) is 3.42. The molecule has 2 nitrogen and oxygen atoms in total. The average molecular weight is 288 g/mol. The largest absolute Gasteiger partial charge is 0.315 e. The third-order valence-corrected chi connectivity index (χ3v) is 4.90. The first kappa shape index (κ1) is 16.5. The van der Waals surface area contributed by atoms with Crippen LogP contribution in [-0.2, 0) is 0 Å². The molecule has 2 heteroatoms. The van der Waals surface area contributed by atoms with Gasteiger partial charge < -0.3 is 5.32 Å². The molecule has 1 aliphatic heterocycles. The number of hydrogen-bond acceptors (Lipinski definition) is 2. The topological polar surface area (TPSA) is 15.3 Å². The third kappa shape index (κ3) is 4.55. The predicted molar refractivity (Wildman–Crippen MR) is 91.5 cm³/mol. The van der Waals surface area contributed by atoms with E-state index in [2.05, 4.69) is 68.2 Å². The summed E-state index contributed by atoms with van der Waals surface area (Å²) >= 11 is 0. The van der Waals surface area contributed by atoms with Crippen LogP contribution in [0, 0.1) is 11.8 Å². The average Bonchev–Trinajstić information content (AvgIpc) is 2.48.